The number of unbranched alkanes of at least 4 members (excludes halogenated alkanes) is 46. The van der Waals surface area contributed by atoms with Crippen LogP contribution < -0.4 is 5.32 Å². The van der Waals surface area contributed by atoms with Crippen LogP contribution in [0.2, 0.25) is 0 Å². The molecule has 0 radical (unpaired) electrons. The Morgan fingerprint density at radius 2 is 0.671 bits per heavy atom. The first-order chi connectivity index (χ1) is 37.5. The van der Waals surface area contributed by atoms with Crippen molar-refractivity contribution in [2.24, 2.45) is 0 Å². The lowest BCUT2D eigenvalue weighted by Gasteiger charge is -2.20. The lowest BCUT2D eigenvalue weighted by atomic mass is 10.0. The Labute approximate surface area is 474 Å². The Bertz CT molecular complexity index is 1270. The molecule has 6 heteroatoms. The van der Waals surface area contributed by atoms with Crippen LogP contribution in [-0.4, -0.2) is 47.4 Å². The molecule has 0 heterocycles. The van der Waals surface area contributed by atoms with Gasteiger partial charge in [-0.2, -0.15) is 0 Å². The number of rotatable bonds is 63. The number of allylic oxidation sites excluding steroid dienone is 7. The van der Waals surface area contributed by atoms with Crippen molar-refractivity contribution in [2.75, 3.05) is 13.2 Å². The predicted molar refractivity (Wildman–Crippen MR) is 333 cm³/mol. The number of nitrogens with one attached hydrogen (secondary N) is 1. The SMILES string of the molecule is CCCC/C=C\C/C=C\CCCCCCCC(=O)OCCCCCCCCCCCCCC/C=C\CCCCCCCCCCCCCC(=O)NC(CO)C(O)/C=C/CCCCCCCCCCCCCCCCCC. The Hall–Kier alpha value is -2.18. The highest BCUT2D eigenvalue weighted by atomic mass is 16.5. The van der Waals surface area contributed by atoms with Gasteiger partial charge in [0.05, 0.1) is 25.4 Å². The van der Waals surface area contributed by atoms with Crippen LogP contribution in [0.5, 0.6) is 0 Å². The average Bonchev–Trinajstić information content (AvgIpc) is 3.42. The standard InChI is InChI=1S/C70H131NO5/c1-3-5-7-9-11-13-15-17-19-20-32-35-38-42-46-50-54-58-62-68(73)67(66-72)71-69(74)63-59-55-51-47-43-39-36-33-30-28-26-24-22-21-23-25-27-29-31-34-37-41-45-49-53-57-61-65-76-70(75)64-60-56-52-48-44-40-18-16-14-12-10-8-6-4-2/h10,12,16,18,21-22,58,62,67-68,72-73H,3-9,11,13-15,17,19-20,23-57,59-61,63-66H2,1-2H3,(H,71,74)/b12-10-,18-16-,22-21-,62-58+. The third-order valence-electron chi connectivity index (χ3n) is 15.6. The van der Waals surface area contributed by atoms with E-state index in [-0.39, 0.29) is 18.5 Å². The number of aliphatic hydroxyl groups excluding tert-OH is 2. The summed E-state index contributed by atoms with van der Waals surface area (Å²) in [7, 11) is 0. The zero-order chi connectivity index (χ0) is 55.0. The van der Waals surface area contributed by atoms with E-state index in [0.717, 1.165) is 51.4 Å². The third-order valence-corrected chi connectivity index (χ3v) is 15.6. The molecule has 0 fully saturated rings. The lowest BCUT2D eigenvalue weighted by Crippen LogP contribution is -2.45. The monoisotopic (exact) mass is 1070 g/mol. The van der Waals surface area contributed by atoms with Crippen LogP contribution in [0, 0.1) is 0 Å². The molecule has 0 aliphatic heterocycles. The minimum absolute atomic E-state index is 0.0000144. The Morgan fingerprint density at radius 3 is 1.05 bits per heavy atom. The number of aliphatic hydroxyl groups is 2. The first-order valence-electron chi connectivity index (χ1n) is 33.9. The lowest BCUT2D eigenvalue weighted by molar-refractivity contribution is -0.143. The van der Waals surface area contributed by atoms with E-state index >= 15 is 0 Å². The van der Waals surface area contributed by atoms with Gasteiger partial charge in [-0.25, -0.2) is 0 Å². The number of hydrogen-bond donors (Lipinski definition) is 3. The maximum Gasteiger partial charge on any atom is 0.305 e. The molecule has 446 valence electrons. The average molecular weight is 1070 g/mol. The largest absolute Gasteiger partial charge is 0.466 e. The molecule has 2 atom stereocenters. The summed E-state index contributed by atoms with van der Waals surface area (Å²) in [6.45, 7) is 4.88. The van der Waals surface area contributed by atoms with E-state index in [9.17, 15) is 19.8 Å². The highest BCUT2D eigenvalue weighted by Gasteiger charge is 2.18. The Balaban J connectivity index is 3.42. The molecule has 0 bridgehead atoms. The van der Waals surface area contributed by atoms with Gasteiger partial charge in [0.25, 0.3) is 0 Å². The zero-order valence-electron chi connectivity index (χ0n) is 51.0. The number of ether oxygens (including phenoxy) is 1. The van der Waals surface area contributed by atoms with Gasteiger partial charge in [0.1, 0.15) is 0 Å². The second kappa shape index (κ2) is 65.3. The molecule has 0 saturated carbocycles. The number of hydrogen-bond acceptors (Lipinski definition) is 5. The van der Waals surface area contributed by atoms with Crippen LogP contribution in [0.4, 0.5) is 0 Å². The second-order valence-corrected chi connectivity index (χ2v) is 23.1. The summed E-state index contributed by atoms with van der Waals surface area (Å²) in [6.07, 6.45) is 84.6. The van der Waals surface area contributed by atoms with Gasteiger partial charge in [0.15, 0.2) is 0 Å². The second-order valence-electron chi connectivity index (χ2n) is 23.1. The van der Waals surface area contributed by atoms with E-state index in [2.05, 4.69) is 55.6 Å². The maximum absolute atomic E-state index is 12.5. The summed E-state index contributed by atoms with van der Waals surface area (Å²) in [5, 5.41) is 23.2. The van der Waals surface area contributed by atoms with Gasteiger partial charge in [-0.3, -0.25) is 9.59 Å². The van der Waals surface area contributed by atoms with Gasteiger partial charge < -0.3 is 20.3 Å². The maximum atomic E-state index is 12.5. The molecule has 0 rings (SSSR count). The number of carbonyl (C=O) groups excluding carboxylic acids is 2. The number of amides is 1. The van der Waals surface area contributed by atoms with Gasteiger partial charge in [-0.1, -0.05) is 313 Å². The number of esters is 1. The normalized spacial score (nSPS) is 12.8. The summed E-state index contributed by atoms with van der Waals surface area (Å²) in [5.41, 5.74) is 0. The van der Waals surface area contributed by atoms with Crippen molar-refractivity contribution in [3.05, 3.63) is 48.6 Å². The molecule has 1 amide bonds. The molecule has 0 aliphatic rings. The van der Waals surface area contributed by atoms with Crippen LogP contribution in [0.1, 0.15) is 361 Å². The molecule has 6 nitrogen and oxygen atoms in total. The summed E-state index contributed by atoms with van der Waals surface area (Å²) in [5.74, 6) is -0.0667. The fraction of sp³-hybridized carbons (Fsp3) is 0.857. The minimum atomic E-state index is -0.846. The Morgan fingerprint density at radius 1 is 0.368 bits per heavy atom. The van der Waals surface area contributed by atoms with E-state index in [0.29, 0.717) is 19.4 Å². The van der Waals surface area contributed by atoms with Gasteiger partial charge >= 0.3 is 5.97 Å². The van der Waals surface area contributed by atoms with Crippen molar-refractivity contribution in [2.45, 2.75) is 373 Å². The van der Waals surface area contributed by atoms with E-state index in [4.69, 9.17) is 4.74 Å². The van der Waals surface area contributed by atoms with Gasteiger partial charge in [-0.05, 0) is 83.5 Å². The molecular weight excluding hydrogens is 935 g/mol. The smallest absolute Gasteiger partial charge is 0.305 e. The van der Waals surface area contributed by atoms with Crippen LogP contribution in [0.3, 0.4) is 0 Å². The molecule has 76 heavy (non-hydrogen) atoms. The molecule has 0 aromatic heterocycles. The fourth-order valence-corrected chi connectivity index (χ4v) is 10.4. The van der Waals surface area contributed by atoms with Crippen molar-refractivity contribution < 1.29 is 24.5 Å². The number of carbonyl (C=O) groups is 2. The molecule has 0 saturated heterocycles. The van der Waals surface area contributed by atoms with E-state index in [1.807, 2.05) is 6.08 Å². The van der Waals surface area contributed by atoms with Crippen LogP contribution >= 0.6 is 0 Å². The van der Waals surface area contributed by atoms with Gasteiger partial charge in [0, 0.05) is 12.8 Å². The van der Waals surface area contributed by atoms with Crippen molar-refractivity contribution in [1.82, 2.24) is 5.32 Å². The Kier molecular flexibility index (Phi) is 63.5. The summed E-state index contributed by atoms with van der Waals surface area (Å²) < 4.78 is 5.48. The van der Waals surface area contributed by atoms with E-state index in [1.165, 1.54) is 283 Å². The topological polar surface area (TPSA) is 95.9 Å². The van der Waals surface area contributed by atoms with E-state index < -0.39 is 12.1 Å². The molecule has 2 unspecified atom stereocenters. The third kappa shape index (κ3) is 61.0. The van der Waals surface area contributed by atoms with Crippen LogP contribution in [0.25, 0.3) is 0 Å². The zero-order valence-corrected chi connectivity index (χ0v) is 51.0. The first kappa shape index (κ1) is 73.8. The van der Waals surface area contributed by atoms with Gasteiger partial charge in [0.2, 0.25) is 5.91 Å². The molecule has 0 spiro atoms. The highest BCUT2D eigenvalue weighted by molar-refractivity contribution is 5.76. The van der Waals surface area contributed by atoms with Gasteiger partial charge in [-0.15, -0.1) is 0 Å². The predicted octanol–water partition coefficient (Wildman–Crippen LogP) is 21.7. The van der Waals surface area contributed by atoms with E-state index in [1.54, 1.807) is 6.08 Å². The van der Waals surface area contributed by atoms with Crippen molar-refractivity contribution >= 4 is 11.9 Å². The summed E-state index contributed by atoms with van der Waals surface area (Å²) in [4.78, 5) is 24.5. The van der Waals surface area contributed by atoms with Crippen LogP contribution in [0.15, 0.2) is 48.6 Å². The fourth-order valence-electron chi connectivity index (χ4n) is 10.4. The first-order valence-corrected chi connectivity index (χ1v) is 33.9. The van der Waals surface area contributed by atoms with Crippen LogP contribution in [-0.2, 0) is 14.3 Å². The van der Waals surface area contributed by atoms with Crippen molar-refractivity contribution in [3.63, 3.8) is 0 Å². The van der Waals surface area contributed by atoms with Crippen molar-refractivity contribution in [3.8, 4) is 0 Å². The molecule has 3 N–H and O–H groups in total. The van der Waals surface area contributed by atoms with Crippen molar-refractivity contribution in [1.29, 1.82) is 0 Å². The summed E-state index contributed by atoms with van der Waals surface area (Å²) in [6, 6.07) is -0.630. The molecule has 0 aromatic carbocycles. The highest BCUT2D eigenvalue weighted by Crippen LogP contribution is 2.18. The summed E-state index contributed by atoms with van der Waals surface area (Å²) >= 11 is 0. The minimum Gasteiger partial charge on any atom is -0.466 e. The molecule has 0 aliphatic carbocycles. The molecule has 0 aromatic rings. The quantitative estimate of drug-likeness (QED) is 0.0320. The molecular formula is C70H131NO5.